The van der Waals surface area contributed by atoms with Gasteiger partial charge in [0.2, 0.25) is 0 Å². The number of hydrogen-bond acceptors (Lipinski definition) is 3. The summed E-state index contributed by atoms with van der Waals surface area (Å²) < 4.78 is 41.4. The smallest absolute Gasteiger partial charge is 0.465 e. The molecule has 0 aliphatic carbocycles. The van der Waals surface area contributed by atoms with Crippen molar-refractivity contribution in [3.05, 3.63) is 23.8 Å². The summed E-state index contributed by atoms with van der Waals surface area (Å²) in [6.07, 6.45) is 0. The quantitative estimate of drug-likeness (QED) is 0.383. The van der Waals surface area contributed by atoms with Gasteiger partial charge in [-0.05, 0) is 6.07 Å². The fourth-order valence-electron chi connectivity index (χ4n) is 1.10. The molecule has 0 unspecified atom stereocenters. The first-order chi connectivity index (χ1) is 6.84. The van der Waals surface area contributed by atoms with Gasteiger partial charge in [-0.25, -0.2) is 4.79 Å². The van der Waals surface area contributed by atoms with Crippen molar-refractivity contribution >= 4 is 24.1 Å². The SMILES string of the molecule is COC(=O)c1cc(N)cc([B-](F)(F)F)c1.[K+]. The van der Waals surface area contributed by atoms with Crippen molar-refractivity contribution < 1.29 is 73.9 Å². The molecule has 0 saturated heterocycles. The van der Waals surface area contributed by atoms with E-state index in [0.717, 1.165) is 25.3 Å². The number of carbonyl (C=O) groups is 1. The summed E-state index contributed by atoms with van der Waals surface area (Å²) in [6, 6.07) is 2.64. The second-order valence-electron chi connectivity index (χ2n) is 2.95. The first-order valence-electron chi connectivity index (χ1n) is 4.03. The molecule has 0 spiro atoms. The fourth-order valence-corrected chi connectivity index (χ4v) is 1.10. The van der Waals surface area contributed by atoms with Crippen LogP contribution in [0.2, 0.25) is 0 Å². The van der Waals surface area contributed by atoms with E-state index in [4.69, 9.17) is 5.73 Å². The summed E-state index contributed by atoms with van der Waals surface area (Å²) in [6.45, 7) is -5.17. The molecule has 0 bridgehead atoms. The summed E-state index contributed by atoms with van der Waals surface area (Å²) in [5.74, 6) is -0.844. The second kappa shape index (κ2) is 6.06. The summed E-state index contributed by atoms with van der Waals surface area (Å²) in [5.41, 5.74) is 4.02. The summed E-state index contributed by atoms with van der Waals surface area (Å²) in [7, 11) is 1.09. The third-order valence-electron chi connectivity index (χ3n) is 1.78. The Morgan fingerprint density at radius 2 is 1.88 bits per heavy atom. The van der Waals surface area contributed by atoms with Crippen molar-refractivity contribution in [2.45, 2.75) is 0 Å². The van der Waals surface area contributed by atoms with Gasteiger partial charge in [0.25, 0.3) is 0 Å². The van der Waals surface area contributed by atoms with Crippen LogP contribution in [0.5, 0.6) is 0 Å². The van der Waals surface area contributed by atoms with E-state index >= 15 is 0 Å². The van der Waals surface area contributed by atoms with Crippen LogP contribution in [0.3, 0.4) is 0 Å². The van der Waals surface area contributed by atoms with Gasteiger partial charge in [0, 0.05) is 5.69 Å². The number of anilines is 1. The predicted molar refractivity (Wildman–Crippen MR) is 50.9 cm³/mol. The molecule has 8 heteroatoms. The Hall–Kier alpha value is -0.0187. The van der Waals surface area contributed by atoms with Crippen molar-refractivity contribution in [3.63, 3.8) is 0 Å². The first-order valence-corrected chi connectivity index (χ1v) is 4.03. The van der Waals surface area contributed by atoms with Crippen molar-refractivity contribution in [2.75, 3.05) is 12.8 Å². The Balaban J connectivity index is 0.00000225. The molecule has 0 amide bonds. The zero-order valence-electron chi connectivity index (χ0n) is 8.84. The van der Waals surface area contributed by atoms with Gasteiger partial charge in [-0.1, -0.05) is 12.1 Å². The van der Waals surface area contributed by atoms with E-state index in [1.54, 1.807) is 0 Å². The number of nitrogens with two attached hydrogens (primary N) is 1. The van der Waals surface area contributed by atoms with E-state index in [2.05, 4.69) is 4.74 Å². The monoisotopic (exact) mass is 257 g/mol. The summed E-state index contributed by atoms with van der Waals surface area (Å²) >= 11 is 0. The Morgan fingerprint density at radius 3 is 2.31 bits per heavy atom. The number of carbonyl (C=O) groups excluding carboxylic acids is 1. The van der Waals surface area contributed by atoms with Crippen LogP contribution in [0.4, 0.5) is 18.6 Å². The molecular weight excluding hydrogens is 249 g/mol. The average molecular weight is 257 g/mol. The van der Waals surface area contributed by atoms with Crippen LogP contribution < -0.4 is 62.6 Å². The molecule has 0 atom stereocenters. The molecule has 1 aromatic carbocycles. The zero-order valence-corrected chi connectivity index (χ0v) is 12.0. The first kappa shape index (κ1) is 16.0. The maximum atomic E-state index is 12.4. The molecule has 3 nitrogen and oxygen atoms in total. The van der Waals surface area contributed by atoms with Gasteiger partial charge in [-0.2, -0.15) is 0 Å². The van der Waals surface area contributed by atoms with Gasteiger partial charge in [-0.15, -0.1) is 5.46 Å². The number of halogens is 3. The van der Waals surface area contributed by atoms with Gasteiger partial charge in [-0.3, -0.25) is 0 Å². The molecule has 1 aromatic rings. The molecule has 0 aromatic heterocycles. The van der Waals surface area contributed by atoms with E-state index in [9.17, 15) is 17.7 Å². The number of ether oxygens (including phenoxy) is 1. The Labute approximate surface area is 133 Å². The number of nitrogen functional groups attached to an aromatic ring is 1. The van der Waals surface area contributed by atoms with Crippen LogP contribution in [0, 0.1) is 0 Å². The molecule has 0 aliphatic heterocycles. The summed E-state index contributed by atoms with van der Waals surface area (Å²) in [4.78, 5) is 11.0. The number of methoxy groups -OCH3 is 1. The molecule has 0 fully saturated rings. The van der Waals surface area contributed by atoms with Crippen molar-refractivity contribution in [2.24, 2.45) is 0 Å². The molecule has 0 radical (unpaired) electrons. The number of benzene rings is 1. The van der Waals surface area contributed by atoms with E-state index in [1.807, 2.05) is 0 Å². The minimum atomic E-state index is -5.17. The number of rotatable bonds is 2. The fraction of sp³-hybridized carbons (Fsp3) is 0.125. The Morgan fingerprint density at radius 1 is 1.31 bits per heavy atom. The van der Waals surface area contributed by atoms with Crippen LogP contribution in [0.25, 0.3) is 0 Å². The van der Waals surface area contributed by atoms with Gasteiger partial charge < -0.3 is 23.4 Å². The van der Waals surface area contributed by atoms with E-state index < -0.39 is 18.4 Å². The second-order valence-corrected chi connectivity index (χ2v) is 2.95. The molecule has 0 heterocycles. The maximum absolute atomic E-state index is 12.4. The largest absolute Gasteiger partial charge is 1.00 e. The Bertz CT molecular complexity index is 397. The van der Waals surface area contributed by atoms with Gasteiger partial charge >= 0.3 is 64.3 Å². The van der Waals surface area contributed by atoms with Crippen LogP contribution >= 0.6 is 0 Å². The molecule has 82 valence electrons. The number of hydrogen-bond donors (Lipinski definition) is 1. The number of esters is 1. The third kappa shape index (κ3) is 4.10. The van der Waals surface area contributed by atoms with Crippen LogP contribution in [-0.4, -0.2) is 20.1 Å². The van der Waals surface area contributed by atoms with Gasteiger partial charge in [0.05, 0.1) is 12.7 Å². The molecule has 1 rings (SSSR count). The van der Waals surface area contributed by atoms with E-state index in [0.29, 0.717) is 0 Å². The predicted octanol–water partition coefficient (Wildman–Crippen LogP) is -1.89. The molecule has 0 saturated carbocycles. The molecule has 2 N–H and O–H groups in total. The van der Waals surface area contributed by atoms with Gasteiger partial charge in [0.1, 0.15) is 0 Å². The molecule has 0 aliphatic rings. The van der Waals surface area contributed by atoms with E-state index in [1.165, 1.54) is 0 Å². The Kier molecular flexibility index (Phi) is 6.05. The third-order valence-corrected chi connectivity index (χ3v) is 1.78. The molecular formula is C8H8BF3KNO2. The minimum Gasteiger partial charge on any atom is -0.465 e. The molecule has 16 heavy (non-hydrogen) atoms. The van der Waals surface area contributed by atoms with Crippen molar-refractivity contribution in [3.8, 4) is 0 Å². The topological polar surface area (TPSA) is 52.3 Å². The summed E-state index contributed by atoms with van der Waals surface area (Å²) in [5, 5.41) is 0. The normalized spacial score (nSPS) is 10.5. The average Bonchev–Trinajstić information content (AvgIpc) is 2.14. The van der Waals surface area contributed by atoms with Crippen molar-refractivity contribution in [1.29, 1.82) is 0 Å². The van der Waals surface area contributed by atoms with Crippen LogP contribution in [0.15, 0.2) is 18.2 Å². The standard InChI is InChI=1S/C8H8BF3NO2.K/c1-15-8(14)5-2-6(9(10,11)12)4-7(13)3-5;/h2-4H,13H2,1H3;/q-1;+1. The van der Waals surface area contributed by atoms with Gasteiger partial charge in [0.15, 0.2) is 0 Å². The minimum absolute atomic E-state index is 0. The van der Waals surface area contributed by atoms with Crippen LogP contribution in [0.1, 0.15) is 10.4 Å². The van der Waals surface area contributed by atoms with Crippen LogP contribution in [-0.2, 0) is 4.74 Å². The maximum Gasteiger partial charge on any atom is 1.00 e. The van der Waals surface area contributed by atoms with E-state index in [-0.39, 0.29) is 62.6 Å². The van der Waals surface area contributed by atoms with Crippen molar-refractivity contribution in [1.82, 2.24) is 0 Å². The zero-order chi connectivity index (χ0) is 11.6.